The van der Waals surface area contributed by atoms with Gasteiger partial charge in [-0.15, -0.1) is 11.3 Å². The van der Waals surface area contributed by atoms with Gasteiger partial charge in [-0.25, -0.2) is 14.2 Å². The second kappa shape index (κ2) is 5.58. The van der Waals surface area contributed by atoms with Crippen molar-refractivity contribution in [2.75, 3.05) is 0 Å². The quantitative estimate of drug-likeness (QED) is 0.737. The van der Waals surface area contributed by atoms with Gasteiger partial charge in [-0.1, -0.05) is 0 Å². The molecule has 1 aliphatic carbocycles. The average molecular weight is 330 g/mol. The number of hydrogen-bond acceptors (Lipinski definition) is 6. The normalized spacial score (nSPS) is 14.3. The van der Waals surface area contributed by atoms with Gasteiger partial charge in [-0.05, 0) is 18.9 Å². The average Bonchev–Trinajstić information content (AvgIpc) is 3.15. The highest BCUT2D eigenvalue weighted by Crippen LogP contribution is 2.38. The highest BCUT2D eigenvalue weighted by atomic mass is 32.1. The Bertz CT molecular complexity index is 923. The summed E-state index contributed by atoms with van der Waals surface area (Å²) in [6.07, 6.45) is 3.68. The van der Waals surface area contributed by atoms with Crippen LogP contribution in [-0.2, 0) is 17.9 Å². The number of amides is 1. The number of carbonyl (C=O) groups is 1. The maximum absolute atomic E-state index is 12.1. The van der Waals surface area contributed by atoms with Gasteiger partial charge in [-0.2, -0.15) is 10.2 Å². The monoisotopic (exact) mass is 330 g/mol. The standard InChI is InChI=1S/C14H14N6O2S/c21-12(15-5-10-7-23-14-16-8-17-20(10)14)6-19-13(22)4-3-11(18-19)9-1-2-9/h3-4,7-9H,1-2,5-6H2,(H,15,21). The predicted molar refractivity (Wildman–Crippen MR) is 83.2 cm³/mol. The Morgan fingerprint density at radius 3 is 3.09 bits per heavy atom. The van der Waals surface area contributed by atoms with Crippen LogP contribution in [0.2, 0.25) is 0 Å². The largest absolute Gasteiger partial charge is 0.349 e. The summed E-state index contributed by atoms with van der Waals surface area (Å²) in [7, 11) is 0. The molecule has 118 valence electrons. The van der Waals surface area contributed by atoms with E-state index in [1.165, 1.54) is 28.4 Å². The zero-order valence-electron chi connectivity index (χ0n) is 12.2. The van der Waals surface area contributed by atoms with Crippen LogP contribution in [-0.4, -0.2) is 30.3 Å². The van der Waals surface area contributed by atoms with Crippen LogP contribution in [0.25, 0.3) is 4.96 Å². The van der Waals surface area contributed by atoms with Gasteiger partial charge < -0.3 is 5.32 Å². The number of aromatic nitrogens is 5. The van der Waals surface area contributed by atoms with Gasteiger partial charge >= 0.3 is 0 Å². The lowest BCUT2D eigenvalue weighted by Crippen LogP contribution is -2.33. The molecule has 0 atom stereocenters. The van der Waals surface area contributed by atoms with Crippen molar-refractivity contribution < 1.29 is 4.79 Å². The summed E-state index contributed by atoms with van der Waals surface area (Å²) in [5, 5.41) is 13.1. The highest BCUT2D eigenvalue weighted by Gasteiger charge is 2.25. The summed E-state index contributed by atoms with van der Waals surface area (Å²) in [6.45, 7) is 0.253. The second-order valence-electron chi connectivity index (χ2n) is 5.49. The van der Waals surface area contributed by atoms with Crippen molar-refractivity contribution in [3.63, 3.8) is 0 Å². The highest BCUT2D eigenvalue weighted by molar-refractivity contribution is 7.15. The van der Waals surface area contributed by atoms with Crippen LogP contribution in [0.5, 0.6) is 0 Å². The molecule has 1 N–H and O–H groups in total. The van der Waals surface area contributed by atoms with Crippen molar-refractivity contribution >= 4 is 22.2 Å². The van der Waals surface area contributed by atoms with E-state index >= 15 is 0 Å². The molecule has 1 amide bonds. The fourth-order valence-electron chi connectivity index (χ4n) is 2.35. The van der Waals surface area contributed by atoms with Crippen molar-refractivity contribution in [2.45, 2.75) is 31.8 Å². The number of rotatable bonds is 5. The lowest BCUT2D eigenvalue weighted by Gasteiger charge is -2.07. The van der Waals surface area contributed by atoms with Gasteiger partial charge in [0.1, 0.15) is 12.9 Å². The van der Waals surface area contributed by atoms with Gasteiger partial charge in [0.2, 0.25) is 10.9 Å². The number of nitrogens with one attached hydrogen (secondary N) is 1. The molecule has 23 heavy (non-hydrogen) atoms. The van der Waals surface area contributed by atoms with Crippen LogP contribution < -0.4 is 10.9 Å². The molecule has 9 heteroatoms. The van der Waals surface area contributed by atoms with Gasteiger partial charge in [0.05, 0.1) is 17.9 Å². The molecule has 8 nitrogen and oxygen atoms in total. The first-order valence-corrected chi connectivity index (χ1v) is 8.19. The summed E-state index contributed by atoms with van der Waals surface area (Å²) >= 11 is 1.46. The lowest BCUT2D eigenvalue weighted by molar-refractivity contribution is -0.122. The molecule has 0 aliphatic heterocycles. The summed E-state index contributed by atoms with van der Waals surface area (Å²) < 4.78 is 2.91. The van der Waals surface area contributed by atoms with Gasteiger partial charge in [-0.3, -0.25) is 9.59 Å². The number of carbonyl (C=O) groups excluding carboxylic acids is 1. The van der Waals surface area contributed by atoms with Gasteiger partial charge in [0.15, 0.2) is 0 Å². The molecular formula is C14H14N6O2S. The van der Waals surface area contributed by atoms with Crippen molar-refractivity contribution in [3.8, 4) is 0 Å². The van der Waals surface area contributed by atoms with Crippen LogP contribution in [0.1, 0.15) is 30.1 Å². The number of hydrogen-bond donors (Lipinski definition) is 1. The maximum atomic E-state index is 12.1. The van der Waals surface area contributed by atoms with E-state index in [1.54, 1.807) is 10.6 Å². The summed E-state index contributed by atoms with van der Waals surface area (Å²) in [5.74, 6) is 0.184. The Morgan fingerprint density at radius 2 is 2.26 bits per heavy atom. The molecule has 0 unspecified atom stereocenters. The fourth-order valence-corrected chi connectivity index (χ4v) is 3.15. The molecule has 0 aromatic carbocycles. The molecule has 0 bridgehead atoms. The zero-order chi connectivity index (χ0) is 15.8. The molecule has 0 spiro atoms. The van der Waals surface area contributed by atoms with E-state index in [1.807, 2.05) is 5.38 Å². The molecular weight excluding hydrogens is 316 g/mol. The summed E-state index contributed by atoms with van der Waals surface area (Å²) in [4.78, 5) is 28.8. The smallest absolute Gasteiger partial charge is 0.267 e. The van der Waals surface area contributed by atoms with Crippen LogP contribution in [0, 0.1) is 0 Å². The third-order valence-electron chi connectivity index (χ3n) is 3.73. The maximum Gasteiger partial charge on any atom is 0.267 e. The van der Waals surface area contributed by atoms with Crippen molar-refractivity contribution in [3.05, 3.63) is 45.6 Å². The first-order chi connectivity index (χ1) is 11.2. The molecule has 3 aromatic rings. The van der Waals surface area contributed by atoms with Crippen LogP contribution in [0.4, 0.5) is 0 Å². The SMILES string of the molecule is O=C(Cn1nc(C2CC2)ccc1=O)NCc1csc2ncnn12. The summed E-state index contributed by atoms with van der Waals surface area (Å²) in [6, 6.07) is 3.23. The van der Waals surface area contributed by atoms with Crippen LogP contribution in [0.3, 0.4) is 0 Å². The van der Waals surface area contributed by atoms with E-state index < -0.39 is 0 Å². The first kappa shape index (κ1) is 14.1. The molecule has 3 heterocycles. The summed E-state index contributed by atoms with van der Waals surface area (Å²) in [5.41, 5.74) is 1.47. The second-order valence-corrected chi connectivity index (χ2v) is 6.32. The number of nitrogens with zero attached hydrogens (tertiary/aromatic N) is 5. The topological polar surface area (TPSA) is 94.2 Å². The van der Waals surface area contributed by atoms with Crippen LogP contribution in [0.15, 0.2) is 28.6 Å². The fraction of sp³-hybridized carbons (Fsp3) is 0.357. The third kappa shape index (κ3) is 2.87. The zero-order valence-corrected chi connectivity index (χ0v) is 13.0. The van der Waals surface area contributed by atoms with E-state index in [9.17, 15) is 9.59 Å². The number of thiazole rings is 1. The minimum Gasteiger partial charge on any atom is -0.349 e. The Morgan fingerprint density at radius 1 is 1.39 bits per heavy atom. The Kier molecular flexibility index (Phi) is 3.41. The van der Waals surface area contributed by atoms with Gasteiger partial charge in [0, 0.05) is 17.4 Å². The third-order valence-corrected chi connectivity index (χ3v) is 4.61. The molecule has 0 saturated heterocycles. The lowest BCUT2D eigenvalue weighted by atomic mass is 10.3. The van der Waals surface area contributed by atoms with Crippen LogP contribution >= 0.6 is 11.3 Å². The Hall–Kier alpha value is -2.55. The van der Waals surface area contributed by atoms with E-state index in [-0.39, 0.29) is 18.0 Å². The van der Waals surface area contributed by atoms with Gasteiger partial charge in [0.25, 0.3) is 5.56 Å². The van der Waals surface area contributed by atoms with E-state index in [0.29, 0.717) is 12.5 Å². The van der Waals surface area contributed by atoms with Crippen molar-refractivity contribution in [1.82, 2.24) is 29.7 Å². The molecule has 1 saturated carbocycles. The predicted octanol–water partition coefficient (Wildman–Crippen LogP) is 0.541. The molecule has 4 rings (SSSR count). The van der Waals surface area contributed by atoms with E-state index in [4.69, 9.17) is 0 Å². The minimum atomic E-state index is -0.265. The molecule has 1 fully saturated rings. The number of fused-ring (bicyclic) bond motifs is 1. The Balaban J connectivity index is 1.43. The van der Waals surface area contributed by atoms with Crippen molar-refractivity contribution in [1.29, 1.82) is 0 Å². The minimum absolute atomic E-state index is 0.0793. The van der Waals surface area contributed by atoms with Crippen molar-refractivity contribution in [2.24, 2.45) is 0 Å². The Labute approximate surface area is 134 Å². The first-order valence-electron chi connectivity index (χ1n) is 7.31. The molecule has 3 aromatic heterocycles. The van der Waals surface area contributed by atoms with E-state index in [0.717, 1.165) is 29.2 Å². The molecule has 0 radical (unpaired) electrons. The molecule has 1 aliphatic rings. The van der Waals surface area contributed by atoms with E-state index in [2.05, 4.69) is 20.5 Å².